The Morgan fingerprint density at radius 1 is 0.540 bits per heavy atom. The summed E-state index contributed by atoms with van der Waals surface area (Å²) in [5.74, 6) is 0. The second-order valence-electron chi connectivity index (χ2n) is 12.2. The minimum Gasteiger partial charge on any atom is -0.309 e. The summed E-state index contributed by atoms with van der Waals surface area (Å²) in [4.78, 5) is 3.70. The summed E-state index contributed by atoms with van der Waals surface area (Å²) in [6.07, 6.45) is 0. The third-order valence-corrected chi connectivity index (χ3v) is 14.4. The molecular weight excluding hydrogens is 625 g/mol. The molecule has 0 bridgehead atoms. The van der Waals surface area contributed by atoms with E-state index in [0.29, 0.717) is 16.8 Å². The first-order valence-corrected chi connectivity index (χ1v) is 18.3. The van der Waals surface area contributed by atoms with Crippen LogP contribution in [0.15, 0.2) is 170 Å². The topological polar surface area (TPSA) is 56.9 Å². The Labute approximate surface area is 291 Å². The van der Waals surface area contributed by atoms with Gasteiger partial charge in [0.15, 0.2) is 13.8 Å². The number of para-hydroxylation sites is 1. The van der Waals surface area contributed by atoms with Crippen LogP contribution in [0.2, 0.25) is 0 Å². The number of hydrogen-bond acceptors (Lipinski definition) is 2. The predicted molar refractivity (Wildman–Crippen MR) is 206 cm³/mol. The molecule has 0 saturated heterocycles. The Bertz CT molecular complexity index is 2580. The third kappa shape index (κ3) is 4.80. The molecule has 232 valence electrons. The van der Waals surface area contributed by atoms with Crippen molar-refractivity contribution in [2.75, 3.05) is 0 Å². The number of aromatic nitrogens is 1. The van der Waals surface area contributed by atoms with Gasteiger partial charge in [0.2, 0.25) is 0 Å². The number of hydrogen-bond donors (Lipinski definition) is 0. The fourth-order valence-electron chi connectivity index (χ4n) is 7.49. The van der Waals surface area contributed by atoms with Crippen molar-refractivity contribution >= 4 is 56.3 Å². The highest BCUT2D eigenvalue weighted by molar-refractivity contribution is 7.20. The van der Waals surface area contributed by atoms with Crippen molar-refractivity contribution in [3.63, 3.8) is 0 Å². The molecule has 50 heavy (non-hydrogen) atoms. The quantitative estimate of drug-likeness (QED) is 0.104. The maximum atomic E-state index is 10.5. The van der Waals surface area contributed by atoms with E-state index < -0.39 is 8.07 Å². The molecule has 7 aromatic carbocycles. The van der Waals surface area contributed by atoms with Crippen molar-refractivity contribution in [3.8, 4) is 29.0 Å². The van der Waals surface area contributed by atoms with Gasteiger partial charge >= 0.3 is 0 Å². The number of benzene rings is 7. The standard InChI is InChI=1S/C45H28N4Si/c1-48-35-24-26-44-41(29-35)40-27-32(30-46)23-25-43(40)49(44)42-21-10-9-20-39(42)33-14-12-19-38(28-33)50(36-15-4-2-5-16-36,37-17-6-3-7-18-37)45-22-11-8-13-34(45)31-47/h2-29H. The van der Waals surface area contributed by atoms with Crippen molar-refractivity contribution in [1.82, 2.24) is 4.57 Å². The SMILES string of the molecule is [C-]#[N+]c1ccc2c(c1)c1cc(C#N)ccc1n2-c1ccccc1-c1cccc([Si](c2ccccc2)(c2ccccc2)c2ccccc2C#N)c1. The summed E-state index contributed by atoms with van der Waals surface area (Å²) in [6, 6.07) is 62.9. The Morgan fingerprint density at radius 3 is 1.86 bits per heavy atom. The molecule has 1 heterocycles. The molecule has 0 aliphatic heterocycles. The van der Waals surface area contributed by atoms with Crippen LogP contribution in [0.1, 0.15) is 11.1 Å². The van der Waals surface area contributed by atoms with Crippen LogP contribution in [0.4, 0.5) is 5.69 Å². The first-order chi connectivity index (χ1) is 24.7. The molecule has 0 saturated carbocycles. The molecule has 8 aromatic rings. The van der Waals surface area contributed by atoms with E-state index in [1.54, 1.807) is 0 Å². The molecule has 4 nitrogen and oxygen atoms in total. The van der Waals surface area contributed by atoms with Crippen LogP contribution < -0.4 is 20.7 Å². The minimum absolute atomic E-state index is 0.556. The number of nitrogens with zero attached hydrogens (tertiary/aromatic N) is 4. The van der Waals surface area contributed by atoms with Crippen LogP contribution in [0, 0.1) is 29.2 Å². The molecule has 0 radical (unpaired) electrons. The van der Waals surface area contributed by atoms with E-state index in [2.05, 4.69) is 119 Å². The summed E-state index contributed by atoms with van der Waals surface area (Å²) in [5, 5.41) is 26.7. The summed E-state index contributed by atoms with van der Waals surface area (Å²) < 4.78 is 2.24. The van der Waals surface area contributed by atoms with Crippen LogP contribution in [-0.2, 0) is 0 Å². The molecule has 1 aromatic heterocycles. The summed E-state index contributed by atoms with van der Waals surface area (Å²) in [6.45, 7) is 7.66. The molecule has 0 aliphatic rings. The molecule has 0 aliphatic carbocycles. The van der Waals surface area contributed by atoms with Gasteiger partial charge in [-0.05, 0) is 74.2 Å². The van der Waals surface area contributed by atoms with Crippen LogP contribution in [0.25, 0.3) is 43.5 Å². The van der Waals surface area contributed by atoms with Crippen molar-refractivity contribution in [2.24, 2.45) is 0 Å². The van der Waals surface area contributed by atoms with E-state index in [1.807, 2.05) is 72.8 Å². The zero-order chi connectivity index (χ0) is 34.1. The summed E-state index contributed by atoms with van der Waals surface area (Å²) in [5.41, 5.74) is 6.83. The lowest BCUT2D eigenvalue weighted by Crippen LogP contribution is -2.75. The molecule has 0 N–H and O–H groups in total. The van der Waals surface area contributed by atoms with E-state index in [-0.39, 0.29) is 0 Å². The van der Waals surface area contributed by atoms with Gasteiger partial charge in [-0.25, -0.2) is 4.85 Å². The average molecular weight is 653 g/mol. The van der Waals surface area contributed by atoms with Crippen molar-refractivity contribution in [1.29, 1.82) is 10.5 Å². The largest absolute Gasteiger partial charge is 0.309 e. The fourth-order valence-corrected chi connectivity index (χ4v) is 12.4. The number of fused-ring (bicyclic) bond motifs is 3. The second kappa shape index (κ2) is 12.6. The molecule has 0 fully saturated rings. The Morgan fingerprint density at radius 2 is 1.16 bits per heavy atom. The highest BCUT2D eigenvalue weighted by Crippen LogP contribution is 2.38. The third-order valence-electron chi connectivity index (χ3n) is 9.62. The van der Waals surface area contributed by atoms with Gasteiger partial charge in [0.1, 0.15) is 0 Å². The molecule has 0 spiro atoms. The lowest BCUT2D eigenvalue weighted by atomic mass is 10.0. The van der Waals surface area contributed by atoms with Gasteiger partial charge in [-0.2, -0.15) is 10.5 Å². The zero-order valence-corrected chi connectivity index (χ0v) is 28.0. The fraction of sp³-hybridized carbons (Fsp3) is 0. The molecule has 0 atom stereocenters. The minimum atomic E-state index is -3.01. The van der Waals surface area contributed by atoms with Crippen molar-refractivity contribution < 1.29 is 0 Å². The number of rotatable bonds is 6. The van der Waals surface area contributed by atoms with Crippen molar-refractivity contribution in [2.45, 2.75) is 0 Å². The van der Waals surface area contributed by atoms with Crippen LogP contribution in [0.5, 0.6) is 0 Å². The van der Waals surface area contributed by atoms with E-state index in [9.17, 15) is 10.5 Å². The second-order valence-corrected chi connectivity index (χ2v) is 16.0. The van der Waals surface area contributed by atoms with E-state index in [0.717, 1.165) is 43.8 Å². The van der Waals surface area contributed by atoms with E-state index in [1.165, 1.54) is 15.6 Å². The highest BCUT2D eigenvalue weighted by Gasteiger charge is 2.43. The first kappa shape index (κ1) is 30.4. The normalized spacial score (nSPS) is 11.1. The van der Waals surface area contributed by atoms with E-state index >= 15 is 0 Å². The molecule has 8 rings (SSSR count). The summed E-state index contributed by atoms with van der Waals surface area (Å²) in [7, 11) is -3.01. The molecule has 0 amide bonds. The maximum absolute atomic E-state index is 10.5. The lowest BCUT2D eigenvalue weighted by Gasteiger charge is -2.35. The highest BCUT2D eigenvalue weighted by atomic mass is 28.3. The molecular formula is C45H28N4Si. The van der Waals surface area contributed by atoms with Crippen LogP contribution in [-0.4, -0.2) is 12.6 Å². The summed E-state index contributed by atoms with van der Waals surface area (Å²) >= 11 is 0. The van der Waals surface area contributed by atoms with E-state index in [4.69, 9.17) is 6.57 Å². The first-order valence-electron chi connectivity index (χ1n) is 16.3. The molecule has 0 unspecified atom stereocenters. The maximum Gasteiger partial charge on any atom is 0.188 e. The zero-order valence-electron chi connectivity index (χ0n) is 27.0. The Balaban J connectivity index is 1.43. The van der Waals surface area contributed by atoms with Crippen LogP contribution in [0.3, 0.4) is 0 Å². The predicted octanol–water partition coefficient (Wildman–Crippen LogP) is 8.12. The Kier molecular flexibility index (Phi) is 7.63. The lowest BCUT2D eigenvalue weighted by molar-refractivity contribution is 1.18. The van der Waals surface area contributed by atoms with Gasteiger partial charge in [0, 0.05) is 10.9 Å². The van der Waals surface area contributed by atoms with Gasteiger partial charge in [0.25, 0.3) is 0 Å². The monoisotopic (exact) mass is 652 g/mol. The van der Waals surface area contributed by atoms with Gasteiger partial charge in [-0.1, -0.05) is 127 Å². The Hall–Kier alpha value is -6.97. The molecule has 5 heteroatoms. The van der Waals surface area contributed by atoms with Gasteiger partial charge in [-0.15, -0.1) is 0 Å². The van der Waals surface area contributed by atoms with Gasteiger partial charge in [0.05, 0.1) is 46.6 Å². The van der Waals surface area contributed by atoms with Gasteiger partial charge in [-0.3, -0.25) is 0 Å². The number of nitriles is 2. The van der Waals surface area contributed by atoms with Crippen LogP contribution >= 0.6 is 0 Å². The smallest absolute Gasteiger partial charge is 0.188 e. The van der Waals surface area contributed by atoms with Gasteiger partial charge < -0.3 is 4.57 Å². The van der Waals surface area contributed by atoms with Crippen molar-refractivity contribution in [3.05, 3.63) is 192 Å². The average Bonchev–Trinajstić information content (AvgIpc) is 3.52.